The minimum absolute atomic E-state index is 0.0626. The van der Waals surface area contributed by atoms with Gasteiger partial charge in [0, 0.05) is 4.88 Å². The normalized spacial score (nSPS) is 12.7. The maximum absolute atomic E-state index is 6.20. The van der Waals surface area contributed by atoms with Crippen LogP contribution in [0.4, 0.5) is 0 Å². The molecule has 0 saturated heterocycles. The van der Waals surface area contributed by atoms with Crippen LogP contribution in [0.3, 0.4) is 0 Å². The third kappa shape index (κ3) is 3.18. The molecule has 0 aliphatic rings. The predicted octanol–water partition coefficient (Wildman–Crippen LogP) is 4.07. The average molecular weight is 295 g/mol. The van der Waals surface area contributed by atoms with E-state index in [0.29, 0.717) is 0 Å². The van der Waals surface area contributed by atoms with Crippen molar-refractivity contribution in [2.24, 2.45) is 5.84 Å². The number of benzene rings is 1. The molecule has 0 saturated carbocycles. The zero-order chi connectivity index (χ0) is 14.0. The summed E-state index contributed by atoms with van der Waals surface area (Å²) < 4.78 is 0. The lowest BCUT2D eigenvalue weighted by atomic mass is 9.94. The van der Waals surface area contributed by atoms with Crippen molar-refractivity contribution in [2.45, 2.75) is 33.2 Å². The molecule has 2 nitrogen and oxygen atoms in total. The maximum atomic E-state index is 6.20. The van der Waals surface area contributed by atoms with Gasteiger partial charge in [-0.1, -0.05) is 29.3 Å². The van der Waals surface area contributed by atoms with Gasteiger partial charge in [-0.3, -0.25) is 11.3 Å². The Hall–Kier alpha value is -0.870. The van der Waals surface area contributed by atoms with E-state index in [0.717, 1.165) is 16.3 Å². The summed E-state index contributed by atoms with van der Waals surface area (Å²) in [7, 11) is 0. The van der Waals surface area contributed by atoms with E-state index >= 15 is 0 Å². The molecule has 2 aromatic rings. The fraction of sp³-hybridized carbons (Fsp3) is 0.333. The summed E-state index contributed by atoms with van der Waals surface area (Å²) in [6, 6.07) is 6.41. The van der Waals surface area contributed by atoms with E-state index in [2.05, 4.69) is 38.3 Å². The lowest BCUT2D eigenvalue weighted by Crippen LogP contribution is -2.29. The van der Waals surface area contributed by atoms with Gasteiger partial charge in [0.2, 0.25) is 0 Å². The van der Waals surface area contributed by atoms with Crippen LogP contribution in [-0.2, 0) is 6.42 Å². The minimum atomic E-state index is 0.0626. The summed E-state index contributed by atoms with van der Waals surface area (Å²) in [5.74, 6) is 5.71. The van der Waals surface area contributed by atoms with Crippen LogP contribution in [0.15, 0.2) is 23.6 Å². The molecule has 102 valence electrons. The van der Waals surface area contributed by atoms with E-state index in [9.17, 15) is 0 Å². The molecule has 3 N–H and O–H groups in total. The van der Waals surface area contributed by atoms with Crippen LogP contribution >= 0.6 is 22.9 Å². The number of nitrogens with two attached hydrogens (primary N) is 1. The van der Waals surface area contributed by atoms with Gasteiger partial charge in [0.15, 0.2) is 0 Å². The van der Waals surface area contributed by atoms with Crippen LogP contribution in [0.5, 0.6) is 0 Å². The smallest absolute Gasteiger partial charge is 0.0608 e. The fourth-order valence-corrected chi connectivity index (χ4v) is 3.77. The highest BCUT2D eigenvalue weighted by molar-refractivity contribution is 7.10. The maximum Gasteiger partial charge on any atom is 0.0608 e. The van der Waals surface area contributed by atoms with Gasteiger partial charge in [0.1, 0.15) is 0 Å². The van der Waals surface area contributed by atoms with Gasteiger partial charge < -0.3 is 0 Å². The van der Waals surface area contributed by atoms with Crippen LogP contribution in [-0.4, -0.2) is 0 Å². The molecule has 1 aromatic carbocycles. The van der Waals surface area contributed by atoms with Gasteiger partial charge in [0.05, 0.1) is 11.1 Å². The third-order valence-electron chi connectivity index (χ3n) is 3.41. The molecule has 4 heteroatoms. The average Bonchev–Trinajstić information content (AvgIpc) is 2.75. The van der Waals surface area contributed by atoms with Gasteiger partial charge in [0.25, 0.3) is 0 Å². The monoisotopic (exact) mass is 294 g/mol. The summed E-state index contributed by atoms with van der Waals surface area (Å²) in [6.07, 6.45) is 0.856. The summed E-state index contributed by atoms with van der Waals surface area (Å²) in [5.41, 5.74) is 8.15. The Bertz CT molecular complexity index is 554. The zero-order valence-electron chi connectivity index (χ0n) is 11.5. The van der Waals surface area contributed by atoms with E-state index in [-0.39, 0.29) is 6.04 Å². The second-order valence-electron chi connectivity index (χ2n) is 4.93. The van der Waals surface area contributed by atoms with Crippen LogP contribution in [0.25, 0.3) is 0 Å². The lowest BCUT2D eigenvalue weighted by Gasteiger charge is -2.19. The molecule has 2 rings (SSSR count). The Labute approximate surface area is 123 Å². The molecule has 1 aromatic heterocycles. The number of rotatable bonds is 4. The summed E-state index contributed by atoms with van der Waals surface area (Å²) in [5, 5.41) is 2.78. The molecule has 1 unspecified atom stereocenters. The number of halogens is 1. The van der Waals surface area contributed by atoms with Gasteiger partial charge in [-0.15, -0.1) is 11.3 Å². The van der Waals surface area contributed by atoms with Crippen molar-refractivity contribution in [2.75, 3.05) is 0 Å². The predicted molar refractivity (Wildman–Crippen MR) is 83.8 cm³/mol. The molecule has 0 radical (unpaired) electrons. The Morgan fingerprint density at radius 2 is 1.89 bits per heavy atom. The van der Waals surface area contributed by atoms with Crippen LogP contribution in [0, 0.1) is 20.8 Å². The first-order valence-corrected chi connectivity index (χ1v) is 7.54. The van der Waals surface area contributed by atoms with Crippen LogP contribution in [0.2, 0.25) is 5.02 Å². The molecule has 0 fully saturated rings. The molecule has 0 aliphatic heterocycles. The van der Waals surface area contributed by atoms with Gasteiger partial charge >= 0.3 is 0 Å². The Morgan fingerprint density at radius 3 is 2.37 bits per heavy atom. The van der Waals surface area contributed by atoms with Crippen LogP contribution in [0.1, 0.15) is 33.2 Å². The van der Waals surface area contributed by atoms with Crippen molar-refractivity contribution in [3.8, 4) is 0 Å². The number of hydrogen-bond acceptors (Lipinski definition) is 3. The van der Waals surface area contributed by atoms with E-state index in [1.807, 2.05) is 11.4 Å². The van der Waals surface area contributed by atoms with Gasteiger partial charge in [-0.05, 0) is 55.3 Å². The van der Waals surface area contributed by atoms with E-state index in [1.165, 1.54) is 22.3 Å². The second kappa shape index (κ2) is 6.06. The highest BCUT2D eigenvalue weighted by atomic mass is 35.5. The first-order chi connectivity index (χ1) is 9.02. The van der Waals surface area contributed by atoms with Crippen molar-refractivity contribution >= 4 is 22.9 Å². The highest BCUT2D eigenvalue weighted by Gasteiger charge is 2.17. The molecule has 1 atom stereocenters. The molecule has 0 aliphatic carbocycles. The van der Waals surface area contributed by atoms with E-state index in [4.69, 9.17) is 17.4 Å². The van der Waals surface area contributed by atoms with Crippen molar-refractivity contribution in [3.63, 3.8) is 0 Å². The number of nitrogens with one attached hydrogen (secondary N) is 1. The molecule has 1 heterocycles. The largest absolute Gasteiger partial charge is 0.271 e. The third-order valence-corrected chi connectivity index (χ3v) is 4.88. The molecule has 19 heavy (non-hydrogen) atoms. The standard InChI is InChI=1S/C15H19ClN2S/c1-9-6-10(2)12(11(3)7-9)8-14(18-17)15-13(16)4-5-19-15/h4-7,14,18H,8,17H2,1-3H3. The van der Waals surface area contributed by atoms with Gasteiger partial charge in [-0.25, -0.2) is 0 Å². The molecule has 0 bridgehead atoms. The van der Waals surface area contributed by atoms with Gasteiger partial charge in [-0.2, -0.15) is 0 Å². The molecular formula is C15H19ClN2S. The van der Waals surface area contributed by atoms with Crippen LogP contribution < -0.4 is 11.3 Å². The van der Waals surface area contributed by atoms with Crippen molar-refractivity contribution in [1.82, 2.24) is 5.43 Å². The molecule has 0 amide bonds. The summed E-state index contributed by atoms with van der Waals surface area (Å²) in [6.45, 7) is 6.43. The molecule has 0 spiro atoms. The number of hydrogen-bond donors (Lipinski definition) is 2. The summed E-state index contributed by atoms with van der Waals surface area (Å²) in [4.78, 5) is 1.10. The van der Waals surface area contributed by atoms with E-state index < -0.39 is 0 Å². The Morgan fingerprint density at radius 1 is 1.26 bits per heavy atom. The second-order valence-corrected chi connectivity index (χ2v) is 6.29. The number of aryl methyl sites for hydroxylation is 3. The highest BCUT2D eigenvalue weighted by Crippen LogP contribution is 2.31. The Balaban J connectivity index is 2.32. The number of thiophene rings is 1. The topological polar surface area (TPSA) is 38.0 Å². The quantitative estimate of drug-likeness (QED) is 0.659. The number of hydrazine groups is 1. The minimum Gasteiger partial charge on any atom is -0.271 e. The summed E-state index contributed by atoms with van der Waals surface area (Å²) >= 11 is 7.84. The zero-order valence-corrected chi connectivity index (χ0v) is 13.0. The fourth-order valence-electron chi connectivity index (χ4n) is 2.52. The first kappa shape index (κ1) is 14.5. The SMILES string of the molecule is Cc1cc(C)c(CC(NN)c2sccc2Cl)c(C)c1. The van der Waals surface area contributed by atoms with Crippen molar-refractivity contribution in [1.29, 1.82) is 0 Å². The molecular weight excluding hydrogens is 276 g/mol. The van der Waals surface area contributed by atoms with Crippen molar-refractivity contribution < 1.29 is 0 Å². The van der Waals surface area contributed by atoms with Crippen molar-refractivity contribution in [3.05, 3.63) is 55.7 Å². The Kier molecular flexibility index (Phi) is 4.63. The first-order valence-electron chi connectivity index (χ1n) is 6.28. The lowest BCUT2D eigenvalue weighted by molar-refractivity contribution is 0.558. The van der Waals surface area contributed by atoms with E-state index in [1.54, 1.807) is 11.3 Å².